The van der Waals surface area contributed by atoms with Crippen molar-refractivity contribution in [1.82, 2.24) is 14.4 Å². The van der Waals surface area contributed by atoms with Gasteiger partial charge in [0, 0.05) is 29.7 Å². The summed E-state index contributed by atoms with van der Waals surface area (Å²) in [4.78, 5) is 17.0. The molecule has 3 N–H and O–H groups in total. The van der Waals surface area contributed by atoms with E-state index in [1.54, 1.807) is 0 Å². The molecule has 0 aliphatic heterocycles. The third-order valence-electron chi connectivity index (χ3n) is 3.83. The highest BCUT2D eigenvalue weighted by atomic mass is 32.2. The largest absolute Gasteiger partial charge is 0.383 e. The molecule has 158 valence electrons. The average Bonchev–Trinajstić information content (AvgIpc) is 3.36. The van der Waals surface area contributed by atoms with Crippen molar-refractivity contribution in [3.63, 3.8) is 0 Å². The molecule has 1 heterocycles. The second-order valence-electron chi connectivity index (χ2n) is 6.51. The number of aromatic nitrogens is 1. The molecule has 3 rings (SSSR count). The molecule has 13 heteroatoms. The number of hydrogen-bond acceptors (Lipinski definition) is 8. The zero-order valence-corrected chi connectivity index (χ0v) is 17.9. The van der Waals surface area contributed by atoms with Crippen LogP contribution in [0, 0.1) is 5.92 Å². The van der Waals surface area contributed by atoms with Gasteiger partial charge in [-0.1, -0.05) is 0 Å². The van der Waals surface area contributed by atoms with Gasteiger partial charge in [0.2, 0.25) is 0 Å². The van der Waals surface area contributed by atoms with E-state index < -0.39 is 26.2 Å². The Hall–Kier alpha value is -2.06. The van der Waals surface area contributed by atoms with Crippen molar-refractivity contribution >= 4 is 42.7 Å². The summed E-state index contributed by atoms with van der Waals surface area (Å²) in [6.07, 6.45) is 4.51. The molecular weight excluding hydrogens is 440 g/mol. The predicted octanol–water partition coefficient (Wildman–Crippen LogP) is 1.07. The number of benzene rings is 1. The molecule has 0 spiro atoms. The van der Waals surface area contributed by atoms with Crippen LogP contribution in [0.25, 0.3) is 0 Å². The number of anilines is 1. The number of carbonyl (C=O) groups excluding carboxylic acids is 1. The van der Waals surface area contributed by atoms with Gasteiger partial charge in [0.05, 0.1) is 6.26 Å². The number of thiazole rings is 1. The lowest BCUT2D eigenvalue weighted by Crippen LogP contribution is -2.37. The van der Waals surface area contributed by atoms with Crippen LogP contribution in [-0.2, 0) is 26.9 Å². The summed E-state index contributed by atoms with van der Waals surface area (Å²) in [5, 5.41) is 2.92. The zero-order valence-electron chi connectivity index (χ0n) is 15.4. The Kier molecular flexibility index (Phi) is 6.53. The maximum absolute atomic E-state index is 12.3. The minimum absolute atomic E-state index is 0.0606. The second kappa shape index (κ2) is 8.75. The average molecular weight is 461 g/mol. The van der Waals surface area contributed by atoms with Crippen molar-refractivity contribution in [2.24, 2.45) is 5.92 Å². The van der Waals surface area contributed by atoms with Gasteiger partial charge < -0.3 is 4.18 Å². The smallest absolute Gasteiger partial charge is 0.306 e. The molecule has 0 radical (unpaired) electrons. The first-order valence-corrected chi connectivity index (χ1v) is 12.7. The summed E-state index contributed by atoms with van der Waals surface area (Å²) in [5.41, 5.74) is 0.285. The quantitative estimate of drug-likeness (QED) is 0.450. The summed E-state index contributed by atoms with van der Waals surface area (Å²) in [6.45, 7) is 0.498. The monoisotopic (exact) mass is 460 g/mol. The molecule has 0 bridgehead atoms. The van der Waals surface area contributed by atoms with Crippen LogP contribution < -0.4 is 18.9 Å². The molecule has 1 fully saturated rings. The van der Waals surface area contributed by atoms with Gasteiger partial charge in [0.15, 0.2) is 5.13 Å². The van der Waals surface area contributed by atoms with E-state index >= 15 is 0 Å². The molecule has 0 unspecified atom stereocenters. The number of carbonyl (C=O) groups is 1. The first-order valence-electron chi connectivity index (χ1n) is 8.59. The van der Waals surface area contributed by atoms with E-state index in [-0.39, 0.29) is 17.9 Å². The number of nitrogens with zero attached hydrogens (tertiary/aromatic N) is 1. The van der Waals surface area contributed by atoms with E-state index in [0.717, 1.165) is 30.4 Å². The maximum Gasteiger partial charge on any atom is 0.306 e. The third kappa shape index (κ3) is 7.36. The zero-order chi connectivity index (χ0) is 21.1. The van der Waals surface area contributed by atoms with Crippen molar-refractivity contribution in [2.45, 2.75) is 19.4 Å². The fourth-order valence-electron chi connectivity index (χ4n) is 2.22. The Morgan fingerprint density at radius 2 is 1.86 bits per heavy atom. The van der Waals surface area contributed by atoms with Crippen LogP contribution in [0.3, 0.4) is 0 Å². The molecule has 1 aromatic carbocycles. The van der Waals surface area contributed by atoms with Crippen molar-refractivity contribution in [2.75, 3.05) is 18.1 Å². The highest BCUT2D eigenvalue weighted by Crippen LogP contribution is 2.27. The SMILES string of the molecule is CS(=O)(=O)Oc1ccc(C(=O)Nc2ncc(CNS(=O)(=O)NCC3CC3)s2)cc1. The molecule has 29 heavy (non-hydrogen) atoms. The first-order chi connectivity index (χ1) is 13.6. The standard InChI is InChI=1S/C16H20N4O6S3/c1-28(22,23)26-13-6-4-12(5-7-13)15(21)20-16-17-9-14(27-16)10-19-29(24,25)18-8-11-2-3-11/h4-7,9,11,18-19H,2-3,8,10H2,1H3,(H,17,20,21). The van der Waals surface area contributed by atoms with Gasteiger partial charge in [0.1, 0.15) is 5.75 Å². The van der Waals surface area contributed by atoms with E-state index in [4.69, 9.17) is 4.18 Å². The van der Waals surface area contributed by atoms with Crippen molar-refractivity contribution in [3.05, 3.63) is 40.9 Å². The van der Waals surface area contributed by atoms with Gasteiger partial charge in [-0.3, -0.25) is 10.1 Å². The van der Waals surface area contributed by atoms with E-state index in [2.05, 4.69) is 19.7 Å². The van der Waals surface area contributed by atoms with E-state index in [1.165, 1.54) is 30.5 Å². The fourth-order valence-corrected chi connectivity index (χ4v) is 4.42. The molecule has 1 amide bonds. The van der Waals surface area contributed by atoms with Crippen molar-refractivity contribution in [3.8, 4) is 5.75 Å². The van der Waals surface area contributed by atoms with Crippen LogP contribution in [0.15, 0.2) is 30.5 Å². The molecule has 1 aliphatic rings. The summed E-state index contributed by atoms with van der Waals surface area (Å²) in [5.74, 6) is 0.0930. The van der Waals surface area contributed by atoms with Crippen molar-refractivity contribution in [1.29, 1.82) is 0 Å². The van der Waals surface area contributed by atoms with Gasteiger partial charge in [-0.25, -0.2) is 9.71 Å². The molecule has 0 atom stereocenters. The third-order valence-corrected chi connectivity index (χ3v) is 6.31. The summed E-state index contributed by atoms with van der Waals surface area (Å²) < 4.78 is 55.6. The fraction of sp³-hybridized carbons (Fsp3) is 0.375. The molecule has 10 nitrogen and oxygen atoms in total. The molecule has 1 aliphatic carbocycles. The maximum atomic E-state index is 12.3. The van der Waals surface area contributed by atoms with Crippen LogP contribution in [0.2, 0.25) is 0 Å². The lowest BCUT2D eigenvalue weighted by Gasteiger charge is -2.06. The predicted molar refractivity (Wildman–Crippen MR) is 108 cm³/mol. The molecule has 1 saturated carbocycles. The lowest BCUT2D eigenvalue weighted by atomic mass is 10.2. The second-order valence-corrected chi connectivity index (χ2v) is 10.8. The number of hydrogen-bond donors (Lipinski definition) is 3. The van der Waals surface area contributed by atoms with E-state index in [9.17, 15) is 21.6 Å². The highest BCUT2D eigenvalue weighted by Gasteiger charge is 2.23. The lowest BCUT2D eigenvalue weighted by molar-refractivity contribution is 0.102. The van der Waals surface area contributed by atoms with Gasteiger partial charge in [-0.05, 0) is 43.0 Å². The molecule has 2 aromatic rings. The summed E-state index contributed by atoms with van der Waals surface area (Å²) in [7, 11) is -7.21. The molecule has 1 aromatic heterocycles. The van der Waals surface area contributed by atoms with Gasteiger partial charge in [0.25, 0.3) is 16.1 Å². The Bertz CT molecular complexity index is 1080. The Labute approximate surface area is 173 Å². The van der Waals surface area contributed by atoms with Gasteiger partial charge in [-0.2, -0.15) is 21.6 Å². The minimum Gasteiger partial charge on any atom is -0.383 e. The van der Waals surface area contributed by atoms with Crippen LogP contribution >= 0.6 is 11.3 Å². The summed E-state index contributed by atoms with van der Waals surface area (Å²) >= 11 is 1.14. The Morgan fingerprint density at radius 1 is 1.17 bits per heavy atom. The van der Waals surface area contributed by atoms with E-state index in [1.807, 2.05) is 0 Å². The molecule has 0 saturated heterocycles. The van der Waals surface area contributed by atoms with Crippen molar-refractivity contribution < 1.29 is 25.8 Å². The number of rotatable bonds is 10. The van der Waals surface area contributed by atoms with Gasteiger partial charge >= 0.3 is 10.1 Å². The topological polar surface area (TPSA) is 144 Å². The highest BCUT2D eigenvalue weighted by molar-refractivity contribution is 7.87. The van der Waals surface area contributed by atoms with E-state index in [0.29, 0.717) is 22.5 Å². The van der Waals surface area contributed by atoms with Crippen LogP contribution in [0.5, 0.6) is 5.75 Å². The minimum atomic E-state index is -3.64. The normalized spacial score (nSPS) is 14.5. The number of amides is 1. The summed E-state index contributed by atoms with van der Waals surface area (Å²) in [6, 6.07) is 5.58. The van der Waals surface area contributed by atoms with Crippen LogP contribution in [0.4, 0.5) is 5.13 Å². The molecular formula is C16H20N4O6S3. The number of nitrogens with one attached hydrogen (secondary N) is 3. The first kappa shape index (κ1) is 21.6. The van der Waals surface area contributed by atoms with Crippen LogP contribution in [0.1, 0.15) is 28.1 Å². The Morgan fingerprint density at radius 3 is 2.48 bits per heavy atom. The Balaban J connectivity index is 1.51. The van der Waals surface area contributed by atoms with Gasteiger partial charge in [-0.15, -0.1) is 11.3 Å². The van der Waals surface area contributed by atoms with Crippen LogP contribution in [-0.4, -0.2) is 40.5 Å².